The number of carbonyl (C=O) groups is 1. The summed E-state index contributed by atoms with van der Waals surface area (Å²) in [5.41, 5.74) is 1.67. The molecule has 152 valence electrons. The predicted molar refractivity (Wildman–Crippen MR) is 117 cm³/mol. The largest absolute Gasteiger partial charge is 0.310 e. The van der Waals surface area contributed by atoms with E-state index in [-0.39, 0.29) is 17.1 Å². The van der Waals surface area contributed by atoms with Crippen molar-refractivity contribution >= 4 is 23.5 Å². The van der Waals surface area contributed by atoms with Gasteiger partial charge in [0.1, 0.15) is 11.6 Å². The van der Waals surface area contributed by atoms with Crippen molar-refractivity contribution in [1.29, 1.82) is 0 Å². The van der Waals surface area contributed by atoms with Gasteiger partial charge in [0.05, 0.1) is 17.1 Å². The molecule has 0 atom stereocenters. The van der Waals surface area contributed by atoms with Gasteiger partial charge in [-0.3, -0.25) is 4.79 Å². The van der Waals surface area contributed by atoms with Crippen molar-refractivity contribution in [2.75, 3.05) is 11.1 Å². The second kappa shape index (κ2) is 8.65. The molecule has 1 amide bonds. The number of amides is 1. The molecule has 1 aromatic carbocycles. The monoisotopic (exact) mass is 410 g/mol. The summed E-state index contributed by atoms with van der Waals surface area (Å²) >= 11 is 1.35. The number of nitrogens with zero attached hydrogens (tertiary/aromatic N) is 5. The van der Waals surface area contributed by atoms with Crippen LogP contribution in [-0.4, -0.2) is 36.2 Å². The standard InChI is InChI=1S/C21H26N6OS/c1-6-12-26-15(2)23-24-20(26)29-14-19(28)22-18-13-17(21(3,4)5)25-27(18)16-10-8-7-9-11-16/h6-11,13H,1,12,14H2,2-5H3,(H,22,28). The molecule has 29 heavy (non-hydrogen) atoms. The van der Waals surface area contributed by atoms with Crippen molar-refractivity contribution in [2.45, 2.75) is 44.8 Å². The van der Waals surface area contributed by atoms with Crippen molar-refractivity contribution in [3.63, 3.8) is 0 Å². The summed E-state index contributed by atoms with van der Waals surface area (Å²) in [6.45, 7) is 12.5. The van der Waals surface area contributed by atoms with E-state index >= 15 is 0 Å². The molecule has 0 saturated carbocycles. The minimum atomic E-state index is -0.132. The molecule has 3 aromatic rings. The number of para-hydroxylation sites is 1. The van der Waals surface area contributed by atoms with E-state index in [1.54, 1.807) is 10.8 Å². The first-order valence-electron chi connectivity index (χ1n) is 9.39. The van der Waals surface area contributed by atoms with Gasteiger partial charge < -0.3 is 9.88 Å². The Bertz CT molecular complexity index is 1000. The Morgan fingerprint density at radius 1 is 1.24 bits per heavy atom. The fourth-order valence-electron chi connectivity index (χ4n) is 2.72. The van der Waals surface area contributed by atoms with Crippen molar-refractivity contribution in [3.8, 4) is 5.69 Å². The molecule has 2 heterocycles. The van der Waals surface area contributed by atoms with Crippen LogP contribution in [-0.2, 0) is 16.8 Å². The topological polar surface area (TPSA) is 77.6 Å². The molecule has 2 aromatic heterocycles. The highest BCUT2D eigenvalue weighted by molar-refractivity contribution is 7.99. The van der Waals surface area contributed by atoms with Gasteiger partial charge in [-0.05, 0) is 19.1 Å². The quantitative estimate of drug-likeness (QED) is 0.471. The molecule has 0 aliphatic rings. The molecule has 8 heteroatoms. The van der Waals surface area contributed by atoms with Crippen molar-refractivity contribution in [2.24, 2.45) is 0 Å². The third kappa shape index (κ3) is 4.95. The lowest BCUT2D eigenvalue weighted by Gasteiger charge is -2.14. The summed E-state index contributed by atoms with van der Waals surface area (Å²) in [6.07, 6.45) is 1.78. The molecule has 0 fully saturated rings. The van der Waals surface area contributed by atoms with E-state index in [9.17, 15) is 4.79 Å². The second-order valence-corrected chi connectivity index (χ2v) is 8.62. The van der Waals surface area contributed by atoms with Gasteiger partial charge in [0.25, 0.3) is 0 Å². The van der Waals surface area contributed by atoms with E-state index in [1.807, 2.05) is 47.9 Å². The van der Waals surface area contributed by atoms with Crippen LogP contribution in [0.3, 0.4) is 0 Å². The Labute approximate surface area is 175 Å². The van der Waals surface area contributed by atoms with Crippen molar-refractivity contribution in [1.82, 2.24) is 24.5 Å². The number of aromatic nitrogens is 5. The lowest BCUT2D eigenvalue weighted by Crippen LogP contribution is -2.17. The van der Waals surface area contributed by atoms with E-state index in [2.05, 4.69) is 42.9 Å². The molecule has 0 saturated heterocycles. The fraction of sp³-hybridized carbons (Fsp3) is 0.333. The molecule has 0 aliphatic heterocycles. The highest BCUT2D eigenvalue weighted by Crippen LogP contribution is 2.26. The smallest absolute Gasteiger partial charge is 0.236 e. The van der Waals surface area contributed by atoms with Crippen LogP contribution in [0, 0.1) is 6.92 Å². The summed E-state index contributed by atoms with van der Waals surface area (Å²) in [4.78, 5) is 12.7. The lowest BCUT2D eigenvalue weighted by molar-refractivity contribution is -0.113. The normalized spacial score (nSPS) is 11.4. The molecular formula is C21H26N6OS. The van der Waals surface area contributed by atoms with Gasteiger partial charge in [0.2, 0.25) is 5.91 Å². The summed E-state index contributed by atoms with van der Waals surface area (Å²) in [5.74, 6) is 1.54. The Kier molecular flexibility index (Phi) is 6.22. The van der Waals surface area contributed by atoms with Gasteiger partial charge in [-0.1, -0.05) is 56.8 Å². The summed E-state index contributed by atoms with van der Waals surface area (Å²) < 4.78 is 3.70. The van der Waals surface area contributed by atoms with E-state index in [0.29, 0.717) is 17.5 Å². The van der Waals surface area contributed by atoms with E-state index in [4.69, 9.17) is 5.10 Å². The second-order valence-electron chi connectivity index (χ2n) is 7.68. The number of carbonyl (C=O) groups excluding carboxylic acids is 1. The zero-order chi connectivity index (χ0) is 21.0. The van der Waals surface area contributed by atoms with Crippen LogP contribution in [0.2, 0.25) is 0 Å². The molecule has 0 spiro atoms. The van der Waals surface area contributed by atoms with Crippen LogP contribution in [0.25, 0.3) is 5.69 Å². The Morgan fingerprint density at radius 3 is 2.62 bits per heavy atom. The Morgan fingerprint density at radius 2 is 1.97 bits per heavy atom. The van der Waals surface area contributed by atoms with Crippen molar-refractivity contribution in [3.05, 3.63) is 60.6 Å². The average Bonchev–Trinajstić information content (AvgIpc) is 3.25. The van der Waals surface area contributed by atoms with E-state index < -0.39 is 0 Å². The Balaban J connectivity index is 1.78. The number of nitrogens with one attached hydrogen (secondary N) is 1. The number of hydrogen-bond acceptors (Lipinski definition) is 5. The Hall–Kier alpha value is -2.87. The summed E-state index contributed by atoms with van der Waals surface area (Å²) in [7, 11) is 0. The molecule has 7 nitrogen and oxygen atoms in total. The van der Waals surface area contributed by atoms with E-state index in [1.165, 1.54) is 11.8 Å². The maximum absolute atomic E-state index is 12.7. The zero-order valence-corrected chi connectivity index (χ0v) is 18.0. The zero-order valence-electron chi connectivity index (χ0n) is 17.2. The van der Waals surface area contributed by atoms with Gasteiger partial charge >= 0.3 is 0 Å². The molecule has 0 unspecified atom stereocenters. The molecule has 0 aliphatic carbocycles. The van der Waals surface area contributed by atoms with Crippen LogP contribution in [0.1, 0.15) is 32.3 Å². The molecular weight excluding hydrogens is 384 g/mol. The maximum Gasteiger partial charge on any atom is 0.236 e. The average molecular weight is 411 g/mol. The highest BCUT2D eigenvalue weighted by Gasteiger charge is 2.21. The first kappa shape index (κ1) is 20.9. The molecule has 3 rings (SSSR count). The number of thioether (sulfide) groups is 1. The van der Waals surface area contributed by atoms with Crippen LogP contribution in [0.15, 0.2) is 54.2 Å². The minimum Gasteiger partial charge on any atom is -0.310 e. The summed E-state index contributed by atoms with van der Waals surface area (Å²) in [6, 6.07) is 11.7. The lowest BCUT2D eigenvalue weighted by atomic mass is 9.92. The number of hydrogen-bond donors (Lipinski definition) is 1. The van der Waals surface area contributed by atoms with Gasteiger partial charge in [0, 0.05) is 18.0 Å². The van der Waals surface area contributed by atoms with Gasteiger partial charge in [-0.2, -0.15) is 5.10 Å². The summed E-state index contributed by atoms with van der Waals surface area (Å²) in [5, 5.41) is 16.6. The number of benzene rings is 1. The van der Waals surface area contributed by atoms with E-state index in [0.717, 1.165) is 17.2 Å². The van der Waals surface area contributed by atoms with Gasteiger partial charge in [-0.25, -0.2) is 4.68 Å². The van der Waals surface area contributed by atoms with Gasteiger partial charge in [-0.15, -0.1) is 16.8 Å². The number of allylic oxidation sites excluding steroid dienone is 1. The first-order chi connectivity index (χ1) is 13.8. The number of anilines is 1. The highest BCUT2D eigenvalue weighted by atomic mass is 32.2. The van der Waals surface area contributed by atoms with Crippen molar-refractivity contribution < 1.29 is 4.79 Å². The van der Waals surface area contributed by atoms with Gasteiger partial charge in [0.15, 0.2) is 5.16 Å². The number of aryl methyl sites for hydroxylation is 1. The predicted octanol–water partition coefficient (Wildman–Crippen LogP) is 3.99. The maximum atomic E-state index is 12.7. The fourth-order valence-corrected chi connectivity index (χ4v) is 3.51. The number of rotatable bonds is 7. The third-order valence-corrected chi connectivity index (χ3v) is 5.26. The van der Waals surface area contributed by atoms with Crippen LogP contribution in [0.4, 0.5) is 5.82 Å². The minimum absolute atomic E-state index is 0.127. The molecule has 0 bridgehead atoms. The van der Waals surface area contributed by atoms with Crippen LogP contribution < -0.4 is 5.32 Å². The van der Waals surface area contributed by atoms with Crippen LogP contribution >= 0.6 is 11.8 Å². The van der Waals surface area contributed by atoms with Crippen LogP contribution in [0.5, 0.6) is 0 Å². The molecule has 1 N–H and O–H groups in total. The third-order valence-electron chi connectivity index (χ3n) is 4.29. The SMILES string of the molecule is C=CCn1c(C)nnc1SCC(=O)Nc1cc(C(C)(C)C)nn1-c1ccccc1. The molecule has 0 radical (unpaired) electrons. The first-order valence-corrected chi connectivity index (χ1v) is 10.4.